The van der Waals surface area contributed by atoms with Gasteiger partial charge in [0.15, 0.2) is 0 Å². The molecule has 4 nitrogen and oxygen atoms in total. The molecule has 0 fully saturated rings. The lowest BCUT2D eigenvalue weighted by Gasteiger charge is -2.36. The first-order valence-corrected chi connectivity index (χ1v) is 10.0. The molecule has 8 heteroatoms. The lowest BCUT2D eigenvalue weighted by molar-refractivity contribution is -0.249. The van der Waals surface area contributed by atoms with Crippen LogP contribution in [0.3, 0.4) is 0 Å². The van der Waals surface area contributed by atoms with Gasteiger partial charge in [0.1, 0.15) is 5.82 Å². The van der Waals surface area contributed by atoms with Gasteiger partial charge >= 0.3 is 6.18 Å². The minimum Gasteiger partial charge on any atom is -0.373 e. The Morgan fingerprint density at radius 3 is 2.53 bits per heavy atom. The first-order valence-electron chi connectivity index (χ1n) is 10.0. The number of benzene rings is 2. The summed E-state index contributed by atoms with van der Waals surface area (Å²) in [6.07, 6.45) is 3.44. The molecule has 2 aromatic carbocycles. The van der Waals surface area contributed by atoms with E-state index in [9.17, 15) is 22.7 Å². The predicted octanol–water partition coefficient (Wildman–Crippen LogP) is 5.00. The molecular weight excluding hydrogens is 422 g/mol. The van der Waals surface area contributed by atoms with E-state index in [-0.39, 0.29) is 17.2 Å². The van der Waals surface area contributed by atoms with Crippen molar-refractivity contribution in [1.29, 1.82) is 0 Å². The van der Waals surface area contributed by atoms with E-state index in [1.165, 1.54) is 59.4 Å². The van der Waals surface area contributed by atoms with Crippen molar-refractivity contribution in [3.8, 4) is 5.69 Å². The zero-order valence-corrected chi connectivity index (χ0v) is 17.0. The third-order valence-electron chi connectivity index (χ3n) is 6.15. The van der Waals surface area contributed by atoms with Crippen LogP contribution < -0.4 is 0 Å². The van der Waals surface area contributed by atoms with Gasteiger partial charge in [0.05, 0.1) is 23.4 Å². The van der Waals surface area contributed by atoms with Gasteiger partial charge in [0.2, 0.25) is 5.60 Å². The van der Waals surface area contributed by atoms with Gasteiger partial charge < -0.3 is 10.0 Å². The summed E-state index contributed by atoms with van der Waals surface area (Å²) in [4.78, 5) is 1.84. The summed E-state index contributed by atoms with van der Waals surface area (Å²) in [5.74, 6) is -0.400. The number of aromatic nitrogens is 2. The van der Waals surface area contributed by atoms with Crippen LogP contribution in [0.15, 0.2) is 84.2 Å². The fraction of sp³-hybridized carbons (Fsp3) is 0.208. The number of likely N-dealkylation sites (N-methyl/N-ethyl adjacent to an activating group) is 1. The molecule has 0 saturated carbocycles. The minimum atomic E-state index is -4.95. The fourth-order valence-electron chi connectivity index (χ4n) is 4.45. The standard InChI is InChI=1S/C24H19F4N3O/c1-30-12-11-19-20(3-2-4-22(19)30)23(32,24(26,27)28)16-5-10-21-15(13-16)14-29-31(21)18-8-6-17(25)7-9-18/h2-3,5-14,22,32H,4H2,1H3. The normalized spacial score (nSPS) is 20.2. The molecule has 5 rings (SSSR count). The summed E-state index contributed by atoms with van der Waals surface area (Å²) < 4.78 is 58.0. The van der Waals surface area contributed by atoms with Crippen LogP contribution in [-0.2, 0) is 5.60 Å². The van der Waals surface area contributed by atoms with Crippen molar-refractivity contribution in [3.05, 3.63) is 95.6 Å². The SMILES string of the molecule is CN1C=CC2=C(C(O)(c3ccc4c(cnn4-c4ccc(F)cc4)c3)C(F)(F)F)C=CCC21. The monoisotopic (exact) mass is 441 g/mol. The molecule has 0 spiro atoms. The molecule has 2 atom stereocenters. The lowest BCUT2D eigenvalue weighted by Crippen LogP contribution is -2.45. The maximum absolute atomic E-state index is 14.4. The van der Waals surface area contributed by atoms with Crippen LogP contribution >= 0.6 is 0 Å². The maximum atomic E-state index is 14.4. The highest BCUT2D eigenvalue weighted by Crippen LogP contribution is 2.49. The second kappa shape index (κ2) is 7.06. The van der Waals surface area contributed by atoms with Crippen molar-refractivity contribution in [2.24, 2.45) is 0 Å². The Morgan fingerprint density at radius 2 is 1.81 bits per heavy atom. The molecule has 2 heterocycles. The van der Waals surface area contributed by atoms with E-state index in [0.717, 1.165) is 0 Å². The Bertz CT molecular complexity index is 1290. The summed E-state index contributed by atoms with van der Waals surface area (Å²) in [6, 6.07) is 9.46. The Morgan fingerprint density at radius 1 is 1.06 bits per heavy atom. The second-order valence-electron chi connectivity index (χ2n) is 8.02. The van der Waals surface area contributed by atoms with Crippen molar-refractivity contribution in [1.82, 2.24) is 14.7 Å². The zero-order valence-electron chi connectivity index (χ0n) is 17.0. The predicted molar refractivity (Wildman–Crippen MR) is 112 cm³/mol. The molecule has 1 aliphatic heterocycles. The number of hydrogen-bond acceptors (Lipinski definition) is 3. The molecule has 32 heavy (non-hydrogen) atoms. The fourth-order valence-corrected chi connectivity index (χ4v) is 4.45. The average molecular weight is 441 g/mol. The third-order valence-corrected chi connectivity index (χ3v) is 6.15. The maximum Gasteiger partial charge on any atom is 0.425 e. The highest BCUT2D eigenvalue weighted by molar-refractivity contribution is 5.81. The van der Waals surface area contributed by atoms with Crippen LogP contribution in [0.1, 0.15) is 12.0 Å². The summed E-state index contributed by atoms with van der Waals surface area (Å²) in [7, 11) is 1.80. The van der Waals surface area contributed by atoms with Gasteiger partial charge in [-0.15, -0.1) is 0 Å². The van der Waals surface area contributed by atoms with E-state index in [0.29, 0.717) is 28.6 Å². The molecule has 2 aliphatic rings. The van der Waals surface area contributed by atoms with Crippen molar-refractivity contribution < 1.29 is 22.7 Å². The molecule has 1 N–H and O–H groups in total. The average Bonchev–Trinajstić information content (AvgIpc) is 3.36. The first-order chi connectivity index (χ1) is 15.2. The van der Waals surface area contributed by atoms with Gasteiger partial charge in [-0.05, 0) is 66.2 Å². The molecule has 0 bridgehead atoms. The summed E-state index contributed by atoms with van der Waals surface area (Å²) in [6.45, 7) is 0. The van der Waals surface area contributed by atoms with Gasteiger partial charge in [-0.1, -0.05) is 18.2 Å². The minimum absolute atomic E-state index is 0.174. The van der Waals surface area contributed by atoms with Crippen LogP contribution in [-0.4, -0.2) is 39.1 Å². The Hall–Kier alpha value is -3.39. The Balaban J connectivity index is 1.66. The van der Waals surface area contributed by atoms with Gasteiger partial charge in [-0.3, -0.25) is 0 Å². The number of hydrogen-bond donors (Lipinski definition) is 1. The van der Waals surface area contributed by atoms with Crippen LogP contribution in [0, 0.1) is 5.82 Å². The molecule has 164 valence electrons. The quantitative estimate of drug-likeness (QED) is 0.582. The Kier molecular flexibility index (Phi) is 4.53. The van der Waals surface area contributed by atoms with Crippen molar-refractivity contribution in [2.45, 2.75) is 24.2 Å². The molecule has 3 aromatic rings. The molecule has 0 amide bonds. The number of alkyl halides is 3. The smallest absolute Gasteiger partial charge is 0.373 e. The van der Waals surface area contributed by atoms with E-state index in [1.54, 1.807) is 25.4 Å². The zero-order chi connectivity index (χ0) is 22.7. The van der Waals surface area contributed by atoms with E-state index >= 15 is 0 Å². The number of rotatable bonds is 3. The van der Waals surface area contributed by atoms with E-state index in [4.69, 9.17) is 0 Å². The van der Waals surface area contributed by atoms with Gasteiger partial charge in [-0.25, -0.2) is 9.07 Å². The molecule has 1 aliphatic carbocycles. The van der Waals surface area contributed by atoms with Crippen LogP contribution in [0.25, 0.3) is 16.6 Å². The van der Waals surface area contributed by atoms with Crippen molar-refractivity contribution in [3.63, 3.8) is 0 Å². The van der Waals surface area contributed by atoms with Crippen LogP contribution in [0.5, 0.6) is 0 Å². The van der Waals surface area contributed by atoms with Gasteiger partial charge in [0.25, 0.3) is 0 Å². The van der Waals surface area contributed by atoms with Gasteiger partial charge in [-0.2, -0.15) is 18.3 Å². The van der Waals surface area contributed by atoms with E-state index < -0.39 is 17.6 Å². The number of fused-ring (bicyclic) bond motifs is 2. The summed E-state index contributed by atoms with van der Waals surface area (Å²) in [5.41, 5.74) is -2.07. The van der Waals surface area contributed by atoms with Crippen LogP contribution in [0.4, 0.5) is 17.6 Å². The molecular formula is C24H19F4N3O. The summed E-state index contributed by atoms with van der Waals surface area (Å²) >= 11 is 0. The first kappa shape index (κ1) is 20.5. The highest BCUT2D eigenvalue weighted by atomic mass is 19.4. The van der Waals surface area contributed by atoms with Gasteiger partial charge in [0, 0.05) is 18.0 Å². The summed E-state index contributed by atoms with van der Waals surface area (Å²) in [5, 5.41) is 15.9. The molecule has 1 aromatic heterocycles. The van der Waals surface area contributed by atoms with E-state index in [1.807, 2.05) is 4.90 Å². The number of nitrogens with zero attached hydrogens (tertiary/aromatic N) is 3. The van der Waals surface area contributed by atoms with E-state index in [2.05, 4.69) is 5.10 Å². The third kappa shape index (κ3) is 2.97. The molecule has 0 radical (unpaired) electrons. The van der Waals surface area contributed by atoms with Crippen molar-refractivity contribution in [2.75, 3.05) is 7.05 Å². The lowest BCUT2D eigenvalue weighted by atomic mass is 9.78. The molecule has 2 unspecified atom stereocenters. The highest BCUT2D eigenvalue weighted by Gasteiger charge is 2.58. The number of halogens is 4. The second-order valence-corrected chi connectivity index (χ2v) is 8.02. The molecule has 0 saturated heterocycles. The van der Waals surface area contributed by atoms with Crippen molar-refractivity contribution >= 4 is 10.9 Å². The van der Waals surface area contributed by atoms with Crippen LogP contribution in [0.2, 0.25) is 0 Å². The largest absolute Gasteiger partial charge is 0.425 e. The number of aliphatic hydroxyl groups is 1. The topological polar surface area (TPSA) is 41.3 Å². The Labute approximate surface area is 181 Å².